The topological polar surface area (TPSA) is 58.7 Å². The third kappa shape index (κ3) is 2.48. The quantitative estimate of drug-likeness (QED) is 0.846. The van der Waals surface area contributed by atoms with Crippen molar-refractivity contribution in [3.05, 3.63) is 29.6 Å². The van der Waals surface area contributed by atoms with Crippen LogP contribution in [0.15, 0.2) is 18.2 Å². The molecule has 1 aromatic carbocycles. The van der Waals surface area contributed by atoms with Crippen LogP contribution in [0.25, 0.3) is 0 Å². The van der Waals surface area contributed by atoms with Crippen molar-refractivity contribution >= 4 is 5.69 Å². The second kappa shape index (κ2) is 5.65. The summed E-state index contributed by atoms with van der Waals surface area (Å²) in [7, 11) is 0. The Hall–Kier alpha value is -1.17. The lowest BCUT2D eigenvalue weighted by molar-refractivity contribution is 0.0722. The third-order valence-corrected chi connectivity index (χ3v) is 3.23. The summed E-state index contributed by atoms with van der Waals surface area (Å²) >= 11 is 0. The average Bonchev–Trinajstić information content (AvgIpc) is 2.38. The zero-order valence-corrected chi connectivity index (χ0v) is 10.5. The fraction of sp³-hybridized carbons (Fsp3) is 0.538. The molecule has 0 aromatic heterocycles. The molecule has 1 unspecified atom stereocenters. The normalized spacial score (nSPS) is 22.0. The Balaban J connectivity index is 2.41. The highest BCUT2D eigenvalue weighted by Gasteiger charge is 2.27. The first-order valence-electron chi connectivity index (χ1n) is 6.14. The molecule has 1 aliphatic heterocycles. The number of hydrogen-bond acceptors (Lipinski definition) is 4. The van der Waals surface area contributed by atoms with Crippen LogP contribution in [0.3, 0.4) is 0 Å². The van der Waals surface area contributed by atoms with Gasteiger partial charge in [-0.3, -0.25) is 0 Å². The summed E-state index contributed by atoms with van der Waals surface area (Å²) in [5.74, 6) is -0.301. The van der Waals surface area contributed by atoms with Crippen LogP contribution in [0.2, 0.25) is 0 Å². The zero-order valence-electron chi connectivity index (χ0n) is 10.5. The van der Waals surface area contributed by atoms with Gasteiger partial charge in [0.15, 0.2) is 0 Å². The molecule has 3 N–H and O–H groups in total. The molecule has 0 spiro atoms. The van der Waals surface area contributed by atoms with E-state index >= 15 is 0 Å². The number of nitrogens with two attached hydrogens (primary N) is 1. The Bertz CT molecular complexity index is 412. The molecule has 1 fully saturated rings. The number of ether oxygens (including phenoxy) is 1. The van der Waals surface area contributed by atoms with Gasteiger partial charge in [0.25, 0.3) is 0 Å². The lowest BCUT2D eigenvalue weighted by atomic mass is 10.0. The number of benzene rings is 1. The molecule has 0 bridgehead atoms. The highest BCUT2D eigenvalue weighted by molar-refractivity contribution is 5.57. The molecule has 1 aliphatic rings. The van der Waals surface area contributed by atoms with Crippen LogP contribution in [0.1, 0.15) is 18.5 Å². The first-order valence-corrected chi connectivity index (χ1v) is 6.14. The molecule has 100 valence electrons. The van der Waals surface area contributed by atoms with Gasteiger partial charge in [-0.2, -0.15) is 0 Å². The van der Waals surface area contributed by atoms with E-state index in [4.69, 9.17) is 10.5 Å². The van der Waals surface area contributed by atoms with Gasteiger partial charge in [0.05, 0.1) is 31.5 Å². The van der Waals surface area contributed by atoms with E-state index < -0.39 is 0 Å². The minimum absolute atomic E-state index is 0.0628. The lowest BCUT2D eigenvalue weighted by Gasteiger charge is -2.38. The predicted molar refractivity (Wildman–Crippen MR) is 68.0 cm³/mol. The molecule has 18 heavy (non-hydrogen) atoms. The van der Waals surface area contributed by atoms with Crippen molar-refractivity contribution in [1.82, 2.24) is 0 Å². The molecular formula is C13H19FN2O2. The molecule has 2 atom stereocenters. The Morgan fingerprint density at radius 3 is 3.06 bits per heavy atom. The first-order chi connectivity index (χ1) is 8.65. The Labute approximate surface area is 106 Å². The number of aliphatic hydroxyl groups is 1. The Morgan fingerprint density at radius 1 is 1.61 bits per heavy atom. The van der Waals surface area contributed by atoms with Gasteiger partial charge in [0, 0.05) is 12.6 Å². The van der Waals surface area contributed by atoms with Gasteiger partial charge < -0.3 is 20.5 Å². The van der Waals surface area contributed by atoms with E-state index in [1.54, 1.807) is 6.07 Å². The van der Waals surface area contributed by atoms with Crippen molar-refractivity contribution in [2.24, 2.45) is 5.73 Å². The Kier molecular flexibility index (Phi) is 4.16. The molecule has 0 saturated carbocycles. The van der Waals surface area contributed by atoms with Crippen molar-refractivity contribution in [1.29, 1.82) is 0 Å². The van der Waals surface area contributed by atoms with Crippen molar-refractivity contribution in [2.75, 3.05) is 31.3 Å². The number of hydrogen-bond donors (Lipinski definition) is 2. The molecule has 0 radical (unpaired) electrons. The third-order valence-electron chi connectivity index (χ3n) is 3.23. The van der Waals surface area contributed by atoms with Crippen LogP contribution in [-0.4, -0.2) is 37.5 Å². The van der Waals surface area contributed by atoms with Gasteiger partial charge in [0.2, 0.25) is 0 Å². The van der Waals surface area contributed by atoms with Crippen LogP contribution in [0.5, 0.6) is 0 Å². The van der Waals surface area contributed by atoms with Gasteiger partial charge >= 0.3 is 0 Å². The van der Waals surface area contributed by atoms with Crippen LogP contribution < -0.4 is 10.6 Å². The zero-order chi connectivity index (χ0) is 13.1. The van der Waals surface area contributed by atoms with Crippen LogP contribution in [-0.2, 0) is 4.74 Å². The summed E-state index contributed by atoms with van der Waals surface area (Å²) in [6.07, 6.45) is 0. The summed E-state index contributed by atoms with van der Waals surface area (Å²) in [6.45, 7) is 3.26. The molecule has 2 rings (SSSR count). The second-order valence-electron chi connectivity index (χ2n) is 4.57. The van der Waals surface area contributed by atoms with E-state index in [9.17, 15) is 9.50 Å². The average molecular weight is 254 g/mol. The number of nitrogens with zero attached hydrogens (tertiary/aromatic N) is 1. The van der Waals surface area contributed by atoms with Crippen molar-refractivity contribution in [3.63, 3.8) is 0 Å². The molecule has 5 heteroatoms. The van der Waals surface area contributed by atoms with E-state index in [0.717, 1.165) is 5.56 Å². The fourth-order valence-electron chi connectivity index (χ4n) is 2.30. The molecular weight excluding hydrogens is 235 g/mol. The molecule has 1 aromatic rings. The van der Waals surface area contributed by atoms with Crippen LogP contribution >= 0.6 is 0 Å². The lowest BCUT2D eigenvalue weighted by Crippen LogP contribution is -2.48. The van der Waals surface area contributed by atoms with Gasteiger partial charge in [-0.25, -0.2) is 4.39 Å². The number of aliphatic hydroxyl groups excluding tert-OH is 1. The van der Waals surface area contributed by atoms with E-state index in [0.29, 0.717) is 25.4 Å². The minimum atomic E-state index is -0.301. The SMILES string of the molecule is C[C@H](N)c1cccc(F)c1N1CCOCC1CO. The highest BCUT2D eigenvalue weighted by Crippen LogP contribution is 2.30. The molecule has 1 saturated heterocycles. The molecule has 4 nitrogen and oxygen atoms in total. The largest absolute Gasteiger partial charge is 0.394 e. The second-order valence-corrected chi connectivity index (χ2v) is 4.57. The molecule has 0 amide bonds. The van der Waals surface area contributed by atoms with Gasteiger partial charge in [0.1, 0.15) is 5.82 Å². The Morgan fingerprint density at radius 2 is 2.39 bits per heavy atom. The highest BCUT2D eigenvalue weighted by atomic mass is 19.1. The maximum atomic E-state index is 14.1. The number of rotatable bonds is 3. The fourth-order valence-corrected chi connectivity index (χ4v) is 2.30. The van der Waals surface area contributed by atoms with E-state index in [-0.39, 0.29) is 24.5 Å². The maximum absolute atomic E-state index is 14.1. The molecule has 1 heterocycles. The van der Waals surface area contributed by atoms with Gasteiger partial charge in [-0.05, 0) is 18.6 Å². The van der Waals surface area contributed by atoms with Gasteiger partial charge in [-0.15, -0.1) is 0 Å². The minimum Gasteiger partial charge on any atom is -0.394 e. The monoisotopic (exact) mass is 254 g/mol. The van der Waals surface area contributed by atoms with E-state index in [1.165, 1.54) is 6.07 Å². The summed E-state index contributed by atoms with van der Waals surface area (Å²) < 4.78 is 19.4. The number of morpholine rings is 1. The van der Waals surface area contributed by atoms with Crippen molar-refractivity contribution in [2.45, 2.75) is 19.0 Å². The van der Waals surface area contributed by atoms with Crippen LogP contribution in [0.4, 0.5) is 10.1 Å². The van der Waals surface area contributed by atoms with E-state index in [1.807, 2.05) is 17.9 Å². The summed E-state index contributed by atoms with van der Waals surface area (Å²) in [5, 5.41) is 9.37. The summed E-state index contributed by atoms with van der Waals surface area (Å²) in [5.41, 5.74) is 7.14. The summed E-state index contributed by atoms with van der Waals surface area (Å²) in [4.78, 5) is 1.86. The number of para-hydroxylation sites is 1. The van der Waals surface area contributed by atoms with Crippen molar-refractivity contribution < 1.29 is 14.2 Å². The summed E-state index contributed by atoms with van der Waals surface area (Å²) in [6, 6.07) is 4.44. The standard InChI is InChI=1S/C13H19FN2O2/c1-9(15)11-3-2-4-12(14)13(11)16-5-6-18-8-10(16)7-17/h2-4,9-10,17H,5-8,15H2,1H3/t9-,10?/m0/s1. The molecule has 0 aliphatic carbocycles. The first kappa shape index (κ1) is 13.3. The van der Waals surface area contributed by atoms with E-state index in [2.05, 4.69) is 0 Å². The number of halogens is 1. The maximum Gasteiger partial charge on any atom is 0.146 e. The number of anilines is 1. The van der Waals surface area contributed by atoms with Crippen molar-refractivity contribution in [3.8, 4) is 0 Å². The predicted octanol–water partition coefficient (Wildman–Crippen LogP) is 1.04. The van der Waals surface area contributed by atoms with Crippen LogP contribution in [0, 0.1) is 5.82 Å². The van der Waals surface area contributed by atoms with Gasteiger partial charge in [-0.1, -0.05) is 12.1 Å². The smallest absolute Gasteiger partial charge is 0.146 e.